The van der Waals surface area contributed by atoms with Crippen molar-refractivity contribution in [2.75, 3.05) is 7.11 Å². The molecular formula is C22H18BrFN2O3. The molecule has 0 aromatic heterocycles. The first-order chi connectivity index (χ1) is 14.1. The third-order valence-electron chi connectivity index (χ3n) is 4.03. The van der Waals surface area contributed by atoms with Gasteiger partial charge in [-0.15, -0.1) is 0 Å². The van der Waals surface area contributed by atoms with Crippen molar-refractivity contribution in [3.8, 4) is 11.5 Å². The fourth-order valence-corrected chi connectivity index (χ4v) is 2.93. The van der Waals surface area contributed by atoms with Crippen molar-refractivity contribution in [2.24, 2.45) is 5.10 Å². The number of nitrogens with zero attached hydrogens (tertiary/aromatic N) is 1. The van der Waals surface area contributed by atoms with Crippen LogP contribution in [0.1, 0.15) is 21.5 Å². The number of hydrazone groups is 1. The number of nitrogens with one attached hydrogen (secondary N) is 1. The van der Waals surface area contributed by atoms with Gasteiger partial charge in [0.2, 0.25) is 0 Å². The first-order valence-electron chi connectivity index (χ1n) is 8.70. The van der Waals surface area contributed by atoms with Crippen molar-refractivity contribution in [3.05, 3.63) is 93.7 Å². The van der Waals surface area contributed by atoms with Gasteiger partial charge >= 0.3 is 0 Å². The Morgan fingerprint density at radius 3 is 2.55 bits per heavy atom. The molecule has 3 aromatic carbocycles. The van der Waals surface area contributed by atoms with E-state index in [0.29, 0.717) is 32.7 Å². The molecule has 0 bridgehead atoms. The zero-order valence-corrected chi connectivity index (χ0v) is 17.1. The second-order valence-corrected chi connectivity index (χ2v) is 6.82. The quantitative estimate of drug-likeness (QED) is 0.404. The molecule has 0 aliphatic heterocycles. The Morgan fingerprint density at radius 1 is 1.10 bits per heavy atom. The molecule has 1 amide bonds. The average molecular weight is 457 g/mol. The molecule has 0 unspecified atom stereocenters. The Balaban J connectivity index is 1.70. The van der Waals surface area contributed by atoms with Crippen molar-refractivity contribution < 1.29 is 18.7 Å². The molecule has 7 heteroatoms. The van der Waals surface area contributed by atoms with E-state index in [1.165, 1.54) is 19.4 Å². The normalized spacial score (nSPS) is 10.7. The molecule has 0 saturated heterocycles. The van der Waals surface area contributed by atoms with E-state index in [9.17, 15) is 9.18 Å². The van der Waals surface area contributed by atoms with Gasteiger partial charge in [0.05, 0.1) is 13.3 Å². The number of hydrogen-bond donors (Lipinski definition) is 1. The molecule has 5 nitrogen and oxygen atoms in total. The number of carbonyl (C=O) groups excluding carboxylic acids is 1. The Kier molecular flexibility index (Phi) is 6.97. The topological polar surface area (TPSA) is 59.9 Å². The summed E-state index contributed by atoms with van der Waals surface area (Å²) in [7, 11) is 1.51. The minimum atomic E-state index is -0.330. The van der Waals surface area contributed by atoms with Gasteiger partial charge in [0.15, 0.2) is 11.5 Å². The van der Waals surface area contributed by atoms with Gasteiger partial charge in [-0.25, -0.2) is 9.82 Å². The summed E-state index contributed by atoms with van der Waals surface area (Å²) in [4.78, 5) is 12.0. The van der Waals surface area contributed by atoms with E-state index in [1.807, 2.05) is 6.07 Å². The third kappa shape index (κ3) is 5.42. The number of rotatable bonds is 7. The minimum Gasteiger partial charge on any atom is -0.493 e. The lowest BCUT2D eigenvalue weighted by molar-refractivity contribution is 0.0955. The lowest BCUT2D eigenvalue weighted by atomic mass is 10.2. The minimum absolute atomic E-state index is 0.0655. The van der Waals surface area contributed by atoms with E-state index in [0.717, 1.165) is 0 Å². The highest BCUT2D eigenvalue weighted by Crippen LogP contribution is 2.33. The molecule has 148 valence electrons. The monoisotopic (exact) mass is 456 g/mol. The fourth-order valence-electron chi connectivity index (χ4n) is 2.51. The van der Waals surface area contributed by atoms with Crippen LogP contribution < -0.4 is 14.9 Å². The first kappa shape index (κ1) is 20.5. The molecule has 0 radical (unpaired) electrons. The van der Waals surface area contributed by atoms with Gasteiger partial charge in [-0.3, -0.25) is 4.79 Å². The lowest BCUT2D eigenvalue weighted by Crippen LogP contribution is -2.17. The third-order valence-corrected chi connectivity index (χ3v) is 4.72. The van der Waals surface area contributed by atoms with Crippen LogP contribution in [0.5, 0.6) is 11.5 Å². The molecule has 0 heterocycles. The van der Waals surface area contributed by atoms with Crippen molar-refractivity contribution >= 4 is 28.1 Å². The van der Waals surface area contributed by atoms with E-state index in [2.05, 4.69) is 26.5 Å². The number of methoxy groups -OCH3 is 1. The predicted octanol–water partition coefficient (Wildman–Crippen LogP) is 4.94. The van der Waals surface area contributed by atoms with Crippen LogP contribution >= 0.6 is 15.9 Å². The van der Waals surface area contributed by atoms with E-state index in [4.69, 9.17) is 9.47 Å². The van der Waals surface area contributed by atoms with E-state index >= 15 is 0 Å². The van der Waals surface area contributed by atoms with Crippen molar-refractivity contribution in [1.82, 2.24) is 5.43 Å². The lowest BCUT2D eigenvalue weighted by Gasteiger charge is -2.13. The van der Waals surface area contributed by atoms with Crippen LogP contribution in [0, 0.1) is 5.82 Å². The molecule has 0 fully saturated rings. The number of halogens is 2. The second-order valence-electron chi connectivity index (χ2n) is 5.97. The first-order valence-corrected chi connectivity index (χ1v) is 9.50. The maximum Gasteiger partial charge on any atom is 0.271 e. The molecule has 0 aliphatic carbocycles. The summed E-state index contributed by atoms with van der Waals surface area (Å²) in [5.74, 6) is 0.270. The van der Waals surface area contributed by atoms with Gasteiger partial charge in [-0.2, -0.15) is 5.10 Å². The van der Waals surface area contributed by atoms with Crippen molar-refractivity contribution in [1.29, 1.82) is 0 Å². The number of ether oxygens (including phenoxy) is 2. The molecule has 0 spiro atoms. The van der Waals surface area contributed by atoms with Crippen molar-refractivity contribution in [3.63, 3.8) is 0 Å². The van der Waals surface area contributed by atoms with Crippen LogP contribution in [-0.4, -0.2) is 19.2 Å². The second kappa shape index (κ2) is 9.84. The summed E-state index contributed by atoms with van der Waals surface area (Å²) in [5, 5.41) is 3.99. The average Bonchev–Trinajstić information content (AvgIpc) is 2.75. The van der Waals surface area contributed by atoms with Crippen LogP contribution in [-0.2, 0) is 6.61 Å². The number of amides is 1. The molecule has 3 rings (SSSR count). The van der Waals surface area contributed by atoms with Gasteiger partial charge in [-0.1, -0.05) is 36.4 Å². The highest BCUT2D eigenvalue weighted by molar-refractivity contribution is 9.10. The van der Waals surface area contributed by atoms with Crippen molar-refractivity contribution in [2.45, 2.75) is 6.61 Å². The molecule has 0 atom stereocenters. The molecule has 1 N–H and O–H groups in total. The van der Waals surface area contributed by atoms with Crippen LogP contribution in [0.25, 0.3) is 0 Å². The SMILES string of the molecule is COc1cc(/C=N/NC(=O)c2ccccc2)c(Br)cc1OCc1ccccc1F. The van der Waals surface area contributed by atoms with Crippen LogP contribution in [0.2, 0.25) is 0 Å². The summed E-state index contributed by atoms with van der Waals surface area (Å²) in [6, 6.07) is 18.6. The highest BCUT2D eigenvalue weighted by Gasteiger charge is 2.11. The Labute approximate surface area is 176 Å². The fraction of sp³-hybridized carbons (Fsp3) is 0.0909. The summed E-state index contributed by atoms with van der Waals surface area (Å²) >= 11 is 3.45. The highest BCUT2D eigenvalue weighted by atomic mass is 79.9. The van der Waals surface area contributed by atoms with Gasteiger partial charge < -0.3 is 9.47 Å². The van der Waals surface area contributed by atoms with Crippen LogP contribution in [0.3, 0.4) is 0 Å². The largest absolute Gasteiger partial charge is 0.493 e. The predicted molar refractivity (Wildman–Crippen MR) is 113 cm³/mol. The molecule has 3 aromatic rings. The molecular weight excluding hydrogens is 439 g/mol. The van der Waals surface area contributed by atoms with Crippen LogP contribution in [0.4, 0.5) is 4.39 Å². The van der Waals surface area contributed by atoms with Gasteiger partial charge in [0, 0.05) is 21.2 Å². The molecule has 29 heavy (non-hydrogen) atoms. The standard InChI is InChI=1S/C22H18BrFN2O3/c1-28-20-11-17(13-25-26-22(27)15-7-3-2-4-8-15)18(23)12-21(20)29-14-16-9-5-6-10-19(16)24/h2-13H,14H2,1H3,(H,26,27)/b25-13+. The van der Waals surface area contributed by atoms with Gasteiger partial charge in [0.25, 0.3) is 5.91 Å². The zero-order valence-electron chi connectivity index (χ0n) is 15.6. The molecule has 0 saturated carbocycles. The van der Waals surface area contributed by atoms with E-state index in [1.54, 1.807) is 54.6 Å². The van der Waals surface area contributed by atoms with Gasteiger partial charge in [0.1, 0.15) is 12.4 Å². The smallest absolute Gasteiger partial charge is 0.271 e. The van der Waals surface area contributed by atoms with Gasteiger partial charge in [-0.05, 0) is 46.3 Å². The van der Waals surface area contributed by atoms with E-state index < -0.39 is 0 Å². The zero-order chi connectivity index (χ0) is 20.6. The Hall–Kier alpha value is -3.19. The maximum atomic E-state index is 13.8. The Bertz CT molecular complexity index is 1030. The molecule has 0 aliphatic rings. The summed E-state index contributed by atoms with van der Waals surface area (Å²) < 4.78 is 25.5. The Morgan fingerprint density at radius 2 is 1.83 bits per heavy atom. The number of carbonyl (C=O) groups is 1. The summed E-state index contributed by atoms with van der Waals surface area (Å²) in [6.45, 7) is 0.0655. The van der Waals surface area contributed by atoms with E-state index in [-0.39, 0.29) is 18.3 Å². The maximum absolute atomic E-state index is 13.8. The van der Waals surface area contributed by atoms with Crippen LogP contribution in [0.15, 0.2) is 76.3 Å². The number of benzene rings is 3. The summed E-state index contributed by atoms with van der Waals surface area (Å²) in [6.07, 6.45) is 1.49. The summed E-state index contributed by atoms with van der Waals surface area (Å²) in [5.41, 5.74) is 4.11. The number of hydrogen-bond acceptors (Lipinski definition) is 4.